The van der Waals surface area contributed by atoms with Crippen LogP contribution in [-0.4, -0.2) is 28.5 Å². The lowest BCUT2D eigenvalue weighted by Crippen LogP contribution is -1.73. The van der Waals surface area contributed by atoms with Crippen molar-refractivity contribution < 1.29 is 15.3 Å². The first-order chi connectivity index (χ1) is 5.33. The molecule has 0 spiro atoms. The Morgan fingerprint density at radius 1 is 1.18 bits per heavy atom. The zero-order chi connectivity index (χ0) is 8.95. The summed E-state index contributed by atoms with van der Waals surface area (Å²) in [7, 11) is 0. The van der Waals surface area contributed by atoms with Gasteiger partial charge in [-0.05, 0) is 19.4 Å². The average molecular weight is 160 g/mol. The Hall–Kier alpha value is -0.800. The molecule has 0 atom stereocenters. The summed E-state index contributed by atoms with van der Waals surface area (Å²) in [5.41, 5.74) is 0. The SMILES string of the molecule is C/C=C/CO.O/C=C/CCO. The van der Waals surface area contributed by atoms with Crippen molar-refractivity contribution in [2.75, 3.05) is 13.2 Å². The van der Waals surface area contributed by atoms with Crippen molar-refractivity contribution in [1.29, 1.82) is 0 Å². The number of aliphatic hydroxyl groups is 3. The van der Waals surface area contributed by atoms with E-state index in [9.17, 15) is 0 Å². The van der Waals surface area contributed by atoms with E-state index < -0.39 is 0 Å². The van der Waals surface area contributed by atoms with Gasteiger partial charge in [-0.1, -0.05) is 12.2 Å². The molecule has 0 aromatic heterocycles. The standard InChI is InChI=1S/C4H8O2.C4H8O/c5-3-1-2-4-6;1-2-3-4-5/h1,3,5-6H,2,4H2;2-3,5H,4H2,1H3/b3-1+;3-2+. The van der Waals surface area contributed by atoms with Crippen molar-refractivity contribution in [2.24, 2.45) is 0 Å². The Bertz CT molecular complexity index is 97.5. The molecule has 3 N–H and O–H groups in total. The molecule has 0 aromatic rings. The summed E-state index contributed by atoms with van der Waals surface area (Å²) in [6.45, 7) is 2.14. The van der Waals surface area contributed by atoms with Gasteiger partial charge in [-0.3, -0.25) is 0 Å². The van der Waals surface area contributed by atoms with Crippen molar-refractivity contribution >= 4 is 0 Å². The van der Waals surface area contributed by atoms with Crippen LogP contribution in [0.15, 0.2) is 24.5 Å². The lowest BCUT2D eigenvalue weighted by atomic mass is 10.5. The van der Waals surface area contributed by atoms with E-state index in [2.05, 4.69) is 0 Å². The highest BCUT2D eigenvalue weighted by Crippen LogP contribution is 1.74. The van der Waals surface area contributed by atoms with Crippen LogP contribution in [0.3, 0.4) is 0 Å². The molecule has 0 fully saturated rings. The van der Waals surface area contributed by atoms with E-state index in [1.165, 1.54) is 6.08 Å². The smallest absolute Gasteiger partial charge is 0.0752 e. The van der Waals surface area contributed by atoms with Crippen LogP contribution in [0.25, 0.3) is 0 Å². The molecule has 3 heteroatoms. The van der Waals surface area contributed by atoms with Crippen LogP contribution in [0.5, 0.6) is 0 Å². The molecule has 0 radical (unpaired) electrons. The molecule has 3 nitrogen and oxygen atoms in total. The average Bonchev–Trinajstić information content (AvgIpc) is 2.04. The molecule has 0 aliphatic carbocycles. The van der Waals surface area contributed by atoms with Gasteiger partial charge in [0, 0.05) is 6.61 Å². The maximum atomic E-state index is 8.04. The zero-order valence-corrected chi connectivity index (χ0v) is 6.77. The van der Waals surface area contributed by atoms with Crippen LogP contribution in [0.1, 0.15) is 13.3 Å². The van der Waals surface area contributed by atoms with Gasteiger partial charge in [0.15, 0.2) is 0 Å². The van der Waals surface area contributed by atoms with Crippen LogP contribution >= 0.6 is 0 Å². The number of hydrogen-bond donors (Lipinski definition) is 3. The lowest BCUT2D eigenvalue weighted by Gasteiger charge is -1.76. The minimum atomic E-state index is 0.108. The summed E-state index contributed by atoms with van der Waals surface area (Å²) in [5, 5.41) is 23.9. The van der Waals surface area contributed by atoms with Gasteiger partial charge in [-0.25, -0.2) is 0 Å². The molecule has 0 saturated heterocycles. The van der Waals surface area contributed by atoms with Gasteiger partial charge < -0.3 is 15.3 Å². The van der Waals surface area contributed by atoms with E-state index in [0.29, 0.717) is 6.42 Å². The van der Waals surface area contributed by atoms with Crippen molar-refractivity contribution in [2.45, 2.75) is 13.3 Å². The summed E-state index contributed by atoms with van der Waals surface area (Å²) in [6, 6.07) is 0. The van der Waals surface area contributed by atoms with Crippen LogP contribution in [0.4, 0.5) is 0 Å². The van der Waals surface area contributed by atoms with Crippen LogP contribution in [0.2, 0.25) is 0 Å². The number of hydrogen-bond acceptors (Lipinski definition) is 3. The first-order valence-electron chi connectivity index (χ1n) is 3.45. The fraction of sp³-hybridized carbons (Fsp3) is 0.500. The second kappa shape index (κ2) is 16.1. The molecule has 66 valence electrons. The largest absolute Gasteiger partial charge is 0.516 e. The van der Waals surface area contributed by atoms with E-state index in [0.717, 1.165) is 6.26 Å². The van der Waals surface area contributed by atoms with Crippen molar-refractivity contribution in [1.82, 2.24) is 0 Å². The first kappa shape index (κ1) is 12.8. The molecule has 0 unspecified atom stereocenters. The molecule has 0 rings (SSSR count). The van der Waals surface area contributed by atoms with E-state index in [1.54, 1.807) is 12.2 Å². The summed E-state index contributed by atoms with van der Waals surface area (Å²) < 4.78 is 0. The van der Waals surface area contributed by atoms with Crippen LogP contribution in [-0.2, 0) is 0 Å². The van der Waals surface area contributed by atoms with Gasteiger partial charge in [0.05, 0.1) is 12.9 Å². The van der Waals surface area contributed by atoms with Gasteiger partial charge in [0.1, 0.15) is 0 Å². The highest BCUT2D eigenvalue weighted by Gasteiger charge is 1.67. The molecule has 0 aliphatic heterocycles. The molecule has 0 heterocycles. The highest BCUT2D eigenvalue weighted by molar-refractivity contribution is 4.74. The van der Waals surface area contributed by atoms with E-state index in [4.69, 9.17) is 15.3 Å². The highest BCUT2D eigenvalue weighted by atomic mass is 16.3. The van der Waals surface area contributed by atoms with Crippen molar-refractivity contribution in [3.63, 3.8) is 0 Å². The molecule has 0 bridgehead atoms. The fourth-order valence-corrected chi connectivity index (χ4v) is 0.254. The van der Waals surface area contributed by atoms with Crippen LogP contribution in [0, 0.1) is 0 Å². The Balaban J connectivity index is 0. The van der Waals surface area contributed by atoms with Gasteiger partial charge in [0.25, 0.3) is 0 Å². The molecule has 0 aromatic carbocycles. The Morgan fingerprint density at radius 2 is 1.82 bits per heavy atom. The molecule has 0 aliphatic rings. The predicted molar refractivity (Wildman–Crippen MR) is 45.4 cm³/mol. The predicted octanol–water partition coefficient (Wildman–Crippen LogP) is 0.995. The third-order valence-corrected chi connectivity index (χ3v) is 0.742. The maximum absolute atomic E-state index is 8.04. The van der Waals surface area contributed by atoms with Crippen molar-refractivity contribution in [3.8, 4) is 0 Å². The minimum absolute atomic E-state index is 0.108. The third-order valence-electron chi connectivity index (χ3n) is 0.742. The van der Waals surface area contributed by atoms with E-state index in [-0.39, 0.29) is 13.2 Å². The number of allylic oxidation sites excluding steroid dienone is 1. The zero-order valence-electron chi connectivity index (χ0n) is 6.77. The molecular formula is C8H16O3. The topological polar surface area (TPSA) is 60.7 Å². The number of rotatable bonds is 3. The lowest BCUT2D eigenvalue weighted by molar-refractivity contribution is 0.301. The molecular weight excluding hydrogens is 144 g/mol. The number of aliphatic hydroxyl groups excluding tert-OH is 3. The van der Waals surface area contributed by atoms with Gasteiger partial charge in [-0.15, -0.1) is 0 Å². The Labute approximate surface area is 67.3 Å². The second-order valence-electron chi connectivity index (χ2n) is 1.65. The first-order valence-corrected chi connectivity index (χ1v) is 3.45. The van der Waals surface area contributed by atoms with Gasteiger partial charge >= 0.3 is 0 Å². The van der Waals surface area contributed by atoms with E-state index >= 15 is 0 Å². The summed E-state index contributed by atoms with van der Waals surface area (Å²) in [5.74, 6) is 0. The van der Waals surface area contributed by atoms with Crippen molar-refractivity contribution in [3.05, 3.63) is 24.5 Å². The van der Waals surface area contributed by atoms with Gasteiger partial charge in [-0.2, -0.15) is 0 Å². The normalized spacial score (nSPS) is 10.1. The molecule has 11 heavy (non-hydrogen) atoms. The summed E-state index contributed by atoms with van der Waals surface area (Å²) >= 11 is 0. The summed E-state index contributed by atoms with van der Waals surface area (Å²) in [6.07, 6.45) is 6.44. The second-order valence-corrected chi connectivity index (χ2v) is 1.65. The van der Waals surface area contributed by atoms with Crippen LogP contribution < -0.4 is 0 Å². The van der Waals surface area contributed by atoms with E-state index in [1.807, 2.05) is 6.92 Å². The Kier molecular flexibility index (Phi) is 18.8. The molecule has 0 saturated carbocycles. The summed E-state index contributed by atoms with van der Waals surface area (Å²) in [4.78, 5) is 0. The third kappa shape index (κ3) is 27.0. The quantitative estimate of drug-likeness (QED) is 0.426. The monoisotopic (exact) mass is 160 g/mol. The maximum Gasteiger partial charge on any atom is 0.0752 e. The fourth-order valence-electron chi connectivity index (χ4n) is 0.254. The van der Waals surface area contributed by atoms with Gasteiger partial charge in [0.2, 0.25) is 0 Å². The Morgan fingerprint density at radius 3 is 1.91 bits per heavy atom. The molecule has 0 amide bonds. The minimum Gasteiger partial charge on any atom is -0.516 e.